The maximum absolute atomic E-state index is 11.8. The summed E-state index contributed by atoms with van der Waals surface area (Å²) in [7, 11) is -2.95. The standard InChI is InChI=1S/C15H21NO4S/c1-10-8-13(10)14-4-2-12(20-14)3-5-15(17)16-11-6-7-21(18,19)9-11/h2,4,10-11,13H,3,5-9H2,1H3,(H,16,17)/t10-,11-,13+/m1/s1. The van der Waals surface area contributed by atoms with Gasteiger partial charge in [-0.3, -0.25) is 4.79 Å². The fourth-order valence-electron chi connectivity index (χ4n) is 2.89. The number of furan rings is 1. The van der Waals surface area contributed by atoms with E-state index in [9.17, 15) is 13.2 Å². The molecule has 116 valence electrons. The molecule has 1 saturated carbocycles. The van der Waals surface area contributed by atoms with Crippen LogP contribution in [-0.2, 0) is 21.1 Å². The molecule has 3 rings (SSSR count). The van der Waals surface area contributed by atoms with E-state index in [0.29, 0.717) is 31.1 Å². The lowest BCUT2D eigenvalue weighted by molar-refractivity contribution is -0.121. The summed E-state index contributed by atoms with van der Waals surface area (Å²) < 4.78 is 28.4. The van der Waals surface area contributed by atoms with Crippen LogP contribution in [0.1, 0.15) is 43.6 Å². The molecule has 2 heterocycles. The molecule has 5 nitrogen and oxygen atoms in total. The summed E-state index contributed by atoms with van der Waals surface area (Å²) >= 11 is 0. The predicted octanol–water partition coefficient (Wildman–Crippen LogP) is 1.64. The molecule has 6 heteroatoms. The van der Waals surface area contributed by atoms with Crippen LogP contribution in [0, 0.1) is 5.92 Å². The molecule has 1 aromatic rings. The van der Waals surface area contributed by atoms with Crippen molar-refractivity contribution in [3.05, 3.63) is 23.7 Å². The molecule has 0 unspecified atom stereocenters. The van der Waals surface area contributed by atoms with E-state index in [1.807, 2.05) is 12.1 Å². The Morgan fingerprint density at radius 2 is 2.19 bits per heavy atom. The Morgan fingerprint density at radius 1 is 1.43 bits per heavy atom. The van der Waals surface area contributed by atoms with E-state index < -0.39 is 9.84 Å². The van der Waals surface area contributed by atoms with Crippen molar-refractivity contribution in [1.29, 1.82) is 0 Å². The summed E-state index contributed by atoms with van der Waals surface area (Å²) in [6, 6.07) is 3.72. The molecule has 0 radical (unpaired) electrons. The quantitative estimate of drug-likeness (QED) is 0.897. The lowest BCUT2D eigenvalue weighted by Gasteiger charge is -2.10. The monoisotopic (exact) mass is 311 g/mol. The number of carbonyl (C=O) groups is 1. The van der Waals surface area contributed by atoms with Crippen LogP contribution in [0.2, 0.25) is 0 Å². The molecule has 21 heavy (non-hydrogen) atoms. The van der Waals surface area contributed by atoms with Gasteiger partial charge in [-0.1, -0.05) is 6.92 Å². The first-order valence-electron chi connectivity index (χ1n) is 7.51. The molecule has 0 aromatic carbocycles. The van der Waals surface area contributed by atoms with Crippen molar-refractivity contribution in [2.75, 3.05) is 11.5 Å². The van der Waals surface area contributed by atoms with Gasteiger partial charge in [-0.15, -0.1) is 0 Å². The van der Waals surface area contributed by atoms with Gasteiger partial charge >= 0.3 is 0 Å². The Balaban J connectivity index is 1.44. The number of amides is 1. The molecule has 0 spiro atoms. The second-order valence-corrected chi connectivity index (χ2v) is 8.52. The highest BCUT2D eigenvalue weighted by molar-refractivity contribution is 7.91. The zero-order chi connectivity index (χ0) is 15.0. The summed E-state index contributed by atoms with van der Waals surface area (Å²) in [6.07, 6.45) is 2.61. The molecule has 1 saturated heterocycles. The third-order valence-electron chi connectivity index (χ3n) is 4.35. The van der Waals surface area contributed by atoms with Gasteiger partial charge in [0.2, 0.25) is 5.91 Å². The molecular formula is C15H21NO4S. The van der Waals surface area contributed by atoms with Gasteiger partial charge in [0.05, 0.1) is 11.5 Å². The average molecular weight is 311 g/mol. The number of hydrogen-bond donors (Lipinski definition) is 1. The third-order valence-corrected chi connectivity index (χ3v) is 6.12. The Kier molecular flexibility index (Phi) is 3.82. The summed E-state index contributed by atoms with van der Waals surface area (Å²) in [6.45, 7) is 2.20. The van der Waals surface area contributed by atoms with Crippen molar-refractivity contribution in [1.82, 2.24) is 5.32 Å². The minimum atomic E-state index is -2.95. The molecule has 3 atom stereocenters. The first-order valence-corrected chi connectivity index (χ1v) is 9.33. The molecular weight excluding hydrogens is 290 g/mol. The molecule has 2 aliphatic rings. The number of carbonyl (C=O) groups excluding carboxylic acids is 1. The van der Waals surface area contributed by atoms with E-state index in [1.54, 1.807) is 0 Å². The van der Waals surface area contributed by atoms with Crippen molar-refractivity contribution in [2.45, 2.75) is 44.6 Å². The average Bonchev–Trinajstić information content (AvgIpc) is 2.84. The first kappa shape index (κ1) is 14.6. The highest BCUT2D eigenvalue weighted by atomic mass is 32.2. The number of rotatable bonds is 5. The summed E-state index contributed by atoms with van der Waals surface area (Å²) in [5.41, 5.74) is 0. The summed E-state index contributed by atoms with van der Waals surface area (Å²) in [5, 5.41) is 2.79. The van der Waals surface area contributed by atoms with E-state index in [1.165, 1.54) is 6.42 Å². The summed E-state index contributed by atoms with van der Waals surface area (Å²) in [5.74, 6) is 3.27. The number of aryl methyl sites for hydroxylation is 1. The topological polar surface area (TPSA) is 76.4 Å². The van der Waals surface area contributed by atoms with E-state index in [-0.39, 0.29) is 23.5 Å². The van der Waals surface area contributed by atoms with Crippen molar-refractivity contribution in [2.24, 2.45) is 5.92 Å². The lowest BCUT2D eigenvalue weighted by Crippen LogP contribution is -2.35. The Morgan fingerprint density at radius 3 is 2.81 bits per heavy atom. The second-order valence-electron chi connectivity index (χ2n) is 6.29. The largest absolute Gasteiger partial charge is 0.466 e. The van der Waals surface area contributed by atoms with Crippen LogP contribution in [0.15, 0.2) is 16.5 Å². The smallest absolute Gasteiger partial charge is 0.220 e. The fourth-order valence-corrected chi connectivity index (χ4v) is 4.57. The maximum atomic E-state index is 11.8. The minimum absolute atomic E-state index is 0.0726. The number of hydrogen-bond acceptors (Lipinski definition) is 4. The van der Waals surface area contributed by atoms with Crippen LogP contribution in [0.3, 0.4) is 0 Å². The van der Waals surface area contributed by atoms with Gasteiger partial charge in [0, 0.05) is 24.8 Å². The minimum Gasteiger partial charge on any atom is -0.466 e. The van der Waals surface area contributed by atoms with Gasteiger partial charge in [-0.25, -0.2) is 8.42 Å². The molecule has 0 bridgehead atoms. The zero-order valence-corrected chi connectivity index (χ0v) is 13.0. The molecule has 1 aliphatic heterocycles. The van der Waals surface area contributed by atoms with Crippen LogP contribution in [0.4, 0.5) is 0 Å². The van der Waals surface area contributed by atoms with E-state index >= 15 is 0 Å². The van der Waals surface area contributed by atoms with Gasteiger partial charge in [-0.2, -0.15) is 0 Å². The molecule has 1 aliphatic carbocycles. The second kappa shape index (κ2) is 5.48. The van der Waals surface area contributed by atoms with Gasteiger partial charge < -0.3 is 9.73 Å². The number of sulfone groups is 1. The van der Waals surface area contributed by atoms with Gasteiger partial charge in [0.1, 0.15) is 11.5 Å². The Hall–Kier alpha value is -1.30. The Labute approximate surface area is 125 Å². The highest BCUT2D eigenvalue weighted by Crippen LogP contribution is 2.47. The van der Waals surface area contributed by atoms with Crippen LogP contribution in [-0.4, -0.2) is 31.9 Å². The van der Waals surface area contributed by atoms with Crippen molar-refractivity contribution >= 4 is 15.7 Å². The van der Waals surface area contributed by atoms with Crippen LogP contribution in [0.25, 0.3) is 0 Å². The SMILES string of the molecule is C[C@@H]1C[C@@H]1c1ccc(CCC(=O)N[C@@H]2CCS(=O)(=O)C2)o1. The van der Waals surface area contributed by atoms with Crippen LogP contribution < -0.4 is 5.32 Å². The van der Waals surface area contributed by atoms with Gasteiger partial charge in [0.15, 0.2) is 9.84 Å². The molecule has 1 amide bonds. The fraction of sp³-hybridized carbons (Fsp3) is 0.667. The van der Waals surface area contributed by atoms with Crippen molar-refractivity contribution < 1.29 is 17.6 Å². The molecule has 2 fully saturated rings. The van der Waals surface area contributed by atoms with E-state index in [4.69, 9.17) is 4.42 Å². The van der Waals surface area contributed by atoms with Crippen LogP contribution in [0.5, 0.6) is 0 Å². The zero-order valence-electron chi connectivity index (χ0n) is 12.2. The van der Waals surface area contributed by atoms with Crippen LogP contribution >= 0.6 is 0 Å². The first-order chi connectivity index (χ1) is 9.93. The highest BCUT2D eigenvalue weighted by Gasteiger charge is 2.36. The molecule has 1 N–H and O–H groups in total. The normalized spacial score (nSPS) is 30.2. The lowest BCUT2D eigenvalue weighted by atomic mass is 10.2. The van der Waals surface area contributed by atoms with E-state index in [2.05, 4.69) is 12.2 Å². The van der Waals surface area contributed by atoms with Crippen molar-refractivity contribution in [3.63, 3.8) is 0 Å². The van der Waals surface area contributed by atoms with Gasteiger partial charge in [0.25, 0.3) is 0 Å². The molecule has 1 aromatic heterocycles. The third kappa shape index (κ3) is 3.67. The van der Waals surface area contributed by atoms with Gasteiger partial charge in [-0.05, 0) is 30.9 Å². The predicted molar refractivity (Wildman–Crippen MR) is 78.8 cm³/mol. The maximum Gasteiger partial charge on any atom is 0.220 e. The summed E-state index contributed by atoms with van der Waals surface area (Å²) in [4.78, 5) is 11.8. The Bertz CT molecular complexity index is 634. The van der Waals surface area contributed by atoms with E-state index in [0.717, 1.165) is 11.5 Å². The number of nitrogens with one attached hydrogen (secondary N) is 1. The van der Waals surface area contributed by atoms with Crippen molar-refractivity contribution in [3.8, 4) is 0 Å².